The summed E-state index contributed by atoms with van der Waals surface area (Å²) in [4.78, 5) is 0. The zero-order valence-corrected chi connectivity index (χ0v) is 11.1. The summed E-state index contributed by atoms with van der Waals surface area (Å²) >= 11 is 0. The van der Waals surface area contributed by atoms with Crippen molar-refractivity contribution in [2.45, 2.75) is 33.6 Å². The highest BCUT2D eigenvalue weighted by Crippen LogP contribution is 2.19. The van der Waals surface area contributed by atoms with Crippen molar-refractivity contribution in [3.63, 3.8) is 0 Å². The molecule has 0 spiro atoms. The van der Waals surface area contributed by atoms with Crippen LogP contribution in [0.4, 0.5) is 12.9 Å². The number of hydrogen-bond acceptors (Lipinski definition) is 1. The van der Waals surface area contributed by atoms with Crippen molar-refractivity contribution in [1.29, 1.82) is 0 Å². The molecule has 0 radical (unpaired) electrons. The molecule has 5 heteroatoms. The fourth-order valence-corrected chi connectivity index (χ4v) is 1.73. The molecule has 0 fully saturated rings. The number of halogens is 3. The van der Waals surface area contributed by atoms with Gasteiger partial charge in [-0.25, -0.2) is 0 Å². The van der Waals surface area contributed by atoms with E-state index in [1.54, 1.807) is 13.0 Å². The standard InChI is InChI=1S/C13H19BF3O/c1-10(2)5-4-8-18-13-7-6-11(3)9-12(13)14(15,16)17/h6-7,9-10H,4-5,8H2,1-3H3/q-1. The maximum Gasteiger partial charge on any atom is 0.513 e. The Balaban J connectivity index is 2.70. The molecular weight excluding hydrogens is 240 g/mol. The summed E-state index contributed by atoms with van der Waals surface area (Å²) < 4.78 is 43.8. The first-order chi connectivity index (χ1) is 8.30. The number of aryl methyl sites for hydroxylation is 1. The molecule has 0 atom stereocenters. The maximum atomic E-state index is 12.8. The van der Waals surface area contributed by atoms with Crippen molar-refractivity contribution in [2.24, 2.45) is 5.92 Å². The monoisotopic (exact) mass is 259 g/mol. The summed E-state index contributed by atoms with van der Waals surface area (Å²) in [5, 5.41) is 0. The highest BCUT2D eigenvalue weighted by Gasteiger charge is 2.29. The molecule has 18 heavy (non-hydrogen) atoms. The van der Waals surface area contributed by atoms with Crippen LogP contribution in [0.3, 0.4) is 0 Å². The first-order valence-corrected chi connectivity index (χ1v) is 6.24. The van der Waals surface area contributed by atoms with Crippen LogP contribution < -0.4 is 10.2 Å². The van der Waals surface area contributed by atoms with E-state index in [-0.39, 0.29) is 5.75 Å². The van der Waals surface area contributed by atoms with Gasteiger partial charge in [-0.05, 0) is 31.7 Å². The summed E-state index contributed by atoms with van der Waals surface area (Å²) in [6.45, 7) is 1.12. The van der Waals surface area contributed by atoms with E-state index in [4.69, 9.17) is 4.74 Å². The zero-order chi connectivity index (χ0) is 13.8. The molecule has 1 nitrogen and oxygen atoms in total. The Morgan fingerprint density at radius 2 is 1.89 bits per heavy atom. The minimum Gasteiger partial charge on any atom is -0.497 e. The third-order valence-electron chi connectivity index (χ3n) is 2.70. The Hall–Kier alpha value is -1.13. The predicted octanol–water partition coefficient (Wildman–Crippen LogP) is 3.86. The molecular formula is C13H19BF3O-. The van der Waals surface area contributed by atoms with E-state index in [1.165, 1.54) is 6.07 Å². The maximum absolute atomic E-state index is 12.8. The third kappa shape index (κ3) is 4.63. The van der Waals surface area contributed by atoms with Crippen molar-refractivity contribution in [1.82, 2.24) is 0 Å². The van der Waals surface area contributed by atoms with Crippen LogP contribution in [-0.2, 0) is 0 Å². The van der Waals surface area contributed by atoms with Crippen LogP contribution in [0.5, 0.6) is 5.75 Å². The van der Waals surface area contributed by atoms with Gasteiger partial charge in [0, 0.05) is 0 Å². The van der Waals surface area contributed by atoms with Crippen LogP contribution in [-0.4, -0.2) is 13.6 Å². The topological polar surface area (TPSA) is 9.23 Å². The van der Waals surface area contributed by atoms with E-state index >= 15 is 0 Å². The summed E-state index contributed by atoms with van der Waals surface area (Å²) in [5.41, 5.74) is -0.0294. The van der Waals surface area contributed by atoms with Gasteiger partial charge >= 0.3 is 6.98 Å². The lowest BCUT2D eigenvalue weighted by Crippen LogP contribution is -2.35. The second-order valence-corrected chi connectivity index (χ2v) is 5.00. The SMILES string of the molecule is Cc1ccc(OCCCC(C)C)c([B-](F)(F)F)c1. The molecule has 1 aromatic carbocycles. The van der Waals surface area contributed by atoms with Gasteiger partial charge in [-0.2, -0.15) is 0 Å². The summed E-state index contributed by atoms with van der Waals surface area (Å²) in [6.07, 6.45) is 1.73. The van der Waals surface area contributed by atoms with Crippen LogP contribution in [0, 0.1) is 12.8 Å². The average molecular weight is 259 g/mol. The van der Waals surface area contributed by atoms with E-state index in [2.05, 4.69) is 13.8 Å². The van der Waals surface area contributed by atoms with Gasteiger partial charge < -0.3 is 17.7 Å². The Morgan fingerprint density at radius 3 is 2.44 bits per heavy atom. The smallest absolute Gasteiger partial charge is 0.497 e. The normalized spacial score (nSPS) is 11.9. The highest BCUT2D eigenvalue weighted by atomic mass is 19.4. The summed E-state index contributed by atoms with van der Waals surface area (Å²) in [6, 6.07) is 4.20. The molecule has 0 aliphatic rings. The highest BCUT2D eigenvalue weighted by molar-refractivity contribution is 6.74. The molecule has 0 amide bonds. The first-order valence-electron chi connectivity index (χ1n) is 6.24. The van der Waals surface area contributed by atoms with Gasteiger partial charge in [0.05, 0.1) is 12.4 Å². The fourth-order valence-electron chi connectivity index (χ4n) is 1.73. The molecule has 0 bridgehead atoms. The quantitative estimate of drug-likeness (QED) is 0.556. The average Bonchev–Trinajstić information content (AvgIpc) is 2.24. The van der Waals surface area contributed by atoms with E-state index in [9.17, 15) is 12.9 Å². The molecule has 0 aliphatic carbocycles. The van der Waals surface area contributed by atoms with Crippen molar-refractivity contribution in [3.8, 4) is 5.75 Å². The van der Waals surface area contributed by atoms with Gasteiger partial charge in [0.1, 0.15) is 0 Å². The van der Waals surface area contributed by atoms with Gasteiger partial charge in [-0.1, -0.05) is 37.0 Å². The number of benzene rings is 1. The molecule has 0 aliphatic heterocycles. The van der Waals surface area contributed by atoms with E-state index < -0.39 is 12.4 Å². The van der Waals surface area contributed by atoms with Crippen molar-refractivity contribution < 1.29 is 17.7 Å². The lowest BCUT2D eigenvalue weighted by molar-refractivity contribution is 0.298. The van der Waals surface area contributed by atoms with Crippen molar-refractivity contribution >= 4 is 12.4 Å². The Bertz CT molecular complexity index is 388. The van der Waals surface area contributed by atoms with Gasteiger partial charge in [-0.15, -0.1) is 0 Å². The van der Waals surface area contributed by atoms with Gasteiger partial charge in [0.25, 0.3) is 0 Å². The molecule has 0 saturated heterocycles. The minimum atomic E-state index is -5.02. The van der Waals surface area contributed by atoms with Crippen molar-refractivity contribution in [3.05, 3.63) is 23.8 Å². The van der Waals surface area contributed by atoms with Gasteiger partial charge in [0.15, 0.2) is 0 Å². The molecule has 1 rings (SSSR count). The molecule has 102 valence electrons. The van der Waals surface area contributed by atoms with E-state index in [0.717, 1.165) is 18.9 Å². The fraction of sp³-hybridized carbons (Fsp3) is 0.538. The number of hydrogen-bond donors (Lipinski definition) is 0. The third-order valence-corrected chi connectivity index (χ3v) is 2.70. The first kappa shape index (κ1) is 14.9. The van der Waals surface area contributed by atoms with E-state index in [1.807, 2.05) is 0 Å². The Labute approximate surface area is 106 Å². The van der Waals surface area contributed by atoms with Crippen LogP contribution >= 0.6 is 0 Å². The molecule has 0 saturated carbocycles. The Morgan fingerprint density at radius 1 is 1.22 bits per heavy atom. The van der Waals surface area contributed by atoms with Crippen LogP contribution in [0.25, 0.3) is 0 Å². The van der Waals surface area contributed by atoms with Crippen molar-refractivity contribution in [2.75, 3.05) is 6.61 Å². The van der Waals surface area contributed by atoms with Gasteiger partial charge in [-0.3, -0.25) is 0 Å². The summed E-state index contributed by atoms with van der Waals surface area (Å²) in [5.74, 6) is 0.495. The second-order valence-electron chi connectivity index (χ2n) is 5.00. The van der Waals surface area contributed by atoms with Gasteiger partial charge in [0.2, 0.25) is 0 Å². The molecule has 0 unspecified atom stereocenters. The molecule has 0 heterocycles. The second kappa shape index (κ2) is 6.16. The van der Waals surface area contributed by atoms with E-state index in [0.29, 0.717) is 18.1 Å². The summed E-state index contributed by atoms with van der Waals surface area (Å²) in [7, 11) is 0. The van der Waals surface area contributed by atoms with Crippen LogP contribution in [0.15, 0.2) is 18.2 Å². The molecule has 1 aromatic rings. The van der Waals surface area contributed by atoms with Crippen LogP contribution in [0.2, 0.25) is 0 Å². The predicted molar refractivity (Wildman–Crippen MR) is 69.5 cm³/mol. The van der Waals surface area contributed by atoms with Crippen LogP contribution in [0.1, 0.15) is 32.3 Å². The molecule has 0 aromatic heterocycles. The zero-order valence-electron chi connectivity index (χ0n) is 11.1. The molecule has 0 N–H and O–H groups in total. The lowest BCUT2D eigenvalue weighted by atomic mass is 9.78. The lowest BCUT2D eigenvalue weighted by Gasteiger charge is -2.20. The Kier molecular flexibility index (Phi) is 5.11. The minimum absolute atomic E-state index is 0.0446. The largest absolute Gasteiger partial charge is 0.513 e. The number of ether oxygens (including phenoxy) is 1. The number of rotatable bonds is 6.